The molecule has 0 saturated carbocycles. The second-order valence-electron chi connectivity index (χ2n) is 7.00. The third-order valence-corrected chi connectivity index (χ3v) is 6.85. The normalized spacial score (nSPS) is 13.1. The van der Waals surface area contributed by atoms with E-state index in [1.165, 1.54) is 5.56 Å². The zero-order chi connectivity index (χ0) is 20.6. The van der Waals surface area contributed by atoms with Crippen molar-refractivity contribution >= 4 is 10.0 Å². The van der Waals surface area contributed by atoms with Gasteiger partial charge in [-0.05, 0) is 38.3 Å². The summed E-state index contributed by atoms with van der Waals surface area (Å²) in [5.41, 5.74) is 3.93. The van der Waals surface area contributed by atoms with Gasteiger partial charge < -0.3 is 8.98 Å². The molecule has 0 radical (unpaired) electrons. The van der Waals surface area contributed by atoms with E-state index in [0.717, 1.165) is 17.7 Å². The van der Waals surface area contributed by atoms with Crippen molar-refractivity contribution in [3.8, 4) is 11.5 Å². The summed E-state index contributed by atoms with van der Waals surface area (Å²) in [7, 11) is -2.00. The number of benzene rings is 1. The number of hydrogen-bond acceptors (Lipinski definition) is 5. The fourth-order valence-corrected chi connectivity index (χ4v) is 5.05. The van der Waals surface area contributed by atoms with Crippen LogP contribution in [0.3, 0.4) is 0 Å². The number of nitrogens with zero attached hydrogens (tertiary/aromatic N) is 3. The Morgan fingerprint density at radius 2 is 1.75 bits per heavy atom. The summed E-state index contributed by atoms with van der Waals surface area (Å²) in [6.07, 6.45) is 0.940. The summed E-state index contributed by atoms with van der Waals surface area (Å²) in [4.78, 5) is 0.174. The van der Waals surface area contributed by atoms with Gasteiger partial charge in [0, 0.05) is 31.4 Å². The third kappa shape index (κ3) is 3.62. The van der Waals surface area contributed by atoms with E-state index in [9.17, 15) is 8.42 Å². The first kappa shape index (κ1) is 20.3. The molecule has 0 bridgehead atoms. The van der Waals surface area contributed by atoms with E-state index in [0.29, 0.717) is 17.1 Å². The Morgan fingerprint density at radius 3 is 2.29 bits per heavy atom. The molecule has 0 aliphatic rings. The molecule has 1 atom stereocenters. The quantitative estimate of drug-likeness (QED) is 0.680. The highest BCUT2D eigenvalue weighted by atomic mass is 32.2. The number of rotatable bonds is 6. The number of nitrogens with one attached hydrogen (secondary N) is 1. The molecule has 0 amide bonds. The summed E-state index contributed by atoms with van der Waals surface area (Å²) >= 11 is 0. The lowest BCUT2D eigenvalue weighted by atomic mass is 10.1. The monoisotopic (exact) mass is 402 g/mol. The average Bonchev–Trinajstić information content (AvgIpc) is 3.18. The molecular formula is C20H26N4O3S. The summed E-state index contributed by atoms with van der Waals surface area (Å²) < 4.78 is 36.8. The molecule has 2 heterocycles. The van der Waals surface area contributed by atoms with Gasteiger partial charge in [-0.2, -0.15) is 0 Å². The van der Waals surface area contributed by atoms with Crippen molar-refractivity contribution in [1.82, 2.24) is 19.5 Å². The van der Waals surface area contributed by atoms with Gasteiger partial charge in [-0.25, -0.2) is 13.1 Å². The number of sulfonamides is 1. The lowest BCUT2D eigenvalue weighted by Crippen LogP contribution is -2.27. The van der Waals surface area contributed by atoms with Crippen molar-refractivity contribution in [2.75, 3.05) is 0 Å². The van der Waals surface area contributed by atoms with Crippen LogP contribution in [-0.2, 0) is 23.5 Å². The predicted octanol–water partition coefficient (Wildman–Crippen LogP) is 3.60. The van der Waals surface area contributed by atoms with E-state index in [-0.39, 0.29) is 16.8 Å². The standard InChI is InChI=1S/C20H26N4O3S/c1-7-16-8-10-17(11-9-16)12(2)23-28(25,26)19-14(4)24(6)13(3)18(19)20-22-21-15(5)27-20/h8-12,23H,7H2,1-6H3/t12-/m0/s1. The first-order valence-electron chi connectivity index (χ1n) is 9.23. The van der Waals surface area contributed by atoms with Gasteiger partial charge in [0.1, 0.15) is 4.90 Å². The van der Waals surface area contributed by atoms with E-state index >= 15 is 0 Å². The van der Waals surface area contributed by atoms with Gasteiger partial charge in [0.05, 0.1) is 5.56 Å². The molecule has 28 heavy (non-hydrogen) atoms. The van der Waals surface area contributed by atoms with Crippen LogP contribution in [0.4, 0.5) is 0 Å². The molecule has 0 aliphatic carbocycles. The van der Waals surface area contributed by atoms with Crippen molar-refractivity contribution in [3.05, 3.63) is 52.7 Å². The summed E-state index contributed by atoms with van der Waals surface area (Å²) in [6, 6.07) is 7.57. The Balaban J connectivity index is 2.03. The predicted molar refractivity (Wildman–Crippen MR) is 107 cm³/mol. The van der Waals surface area contributed by atoms with E-state index in [1.54, 1.807) is 13.8 Å². The van der Waals surface area contributed by atoms with Gasteiger partial charge in [0.15, 0.2) is 0 Å². The molecule has 8 heteroatoms. The molecule has 0 spiro atoms. The van der Waals surface area contributed by atoms with Crippen molar-refractivity contribution < 1.29 is 12.8 Å². The van der Waals surface area contributed by atoms with Crippen molar-refractivity contribution in [3.63, 3.8) is 0 Å². The third-order valence-electron chi connectivity index (χ3n) is 5.15. The molecule has 2 aromatic heterocycles. The van der Waals surface area contributed by atoms with Gasteiger partial charge in [0.25, 0.3) is 5.89 Å². The lowest BCUT2D eigenvalue weighted by molar-refractivity contribution is 0.529. The smallest absolute Gasteiger partial charge is 0.250 e. The van der Waals surface area contributed by atoms with Crippen LogP contribution in [0, 0.1) is 20.8 Å². The lowest BCUT2D eigenvalue weighted by Gasteiger charge is -2.16. The van der Waals surface area contributed by atoms with E-state index in [4.69, 9.17) is 4.42 Å². The second-order valence-corrected chi connectivity index (χ2v) is 8.65. The molecule has 3 aromatic rings. The highest BCUT2D eigenvalue weighted by Crippen LogP contribution is 2.35. The minimum absolute atomic E-state index is 0.174. The van der Waals surface area contributed by atoms with Crippen LogP contribution in [0.1, 0.15) is 48.3 Å². The topological polar surface area (TPSA) is 90.0 Å². The van der Waals surface area contributed by atoms with Gasteiger partial charge in [-0.1, -0.05) is 31.2 Å². The van der Waals surface area contributed by atoms with Crippen molar-refractivity contribution in [2.45, 2.75) is 52.0 Å². The van der Waals surface area contributed by atoms with E-state index < -0.39 is 10.0 Å². The van der Waals surface area contributed by atoms with Crippen LogP contribution in [0.2, 0.25) is 0 Å². The van der Waals surface area contributed by atoms with Gasteiger partial charge >= 0.3 is 0 Å². The van der Waals surface area contributed by atoms with Crippen LogP contribution >= 0.6 is 0 Å². The molecule has 0 fully saturated rings. The van der Waals surface area contributed by atoms with Crippen molar-refractivity contribution in [1.29, 1.82) is 0 Å². The first-order chi connectivity index (χ1) is 13.2. The Bertz CT molecular complexity index is 1100. The molecule has 3 rings (SSSR count). The average molecular weight is 403 g/mol. The van der Waals surface area contributed by atoms with Gasteiger partial charge in [0.2, 0.25) is 15.9 Å². The van der Waals surface area contributed by atoms with E-state index in [1.807, 2.05) is 49.7 Å². The molecule has 0 saturated heterocycles. The number of hydrogen-bond donors (Lipinski definition) is 1. The summed E-state index contributed by atoms with van der Waals surface area (Å²) in [6.45, 7) is 9.21. The van der Waals surface area contributed by atoms with Crippen molar-refractivity contribution in [2.24, 2.45) is 7.05 Å². The Morgan fingerprint density at radius 1 is 1.11 bits per heavy atom. The van der Waals surface area contributed by atoms with Crippen LogP contribution in [0.5, 0.6) is 0 Å². The molecule has 1 aromatic carbocycles. The zero-order valence-electron chi connectivity index (χ0n) is 17.1. The summed E-state index contributed by atoms with van der Waals surface area (Å²) in [5.74, 6) is 0.593. The maximum Gasteiger partial charge on any atom is 0.250 e. The Hall–Kier alpha value is -2.45. The van der Waals surface area contributed by atoms with Crippen LogP contribution < -0.4 is 4.72 Å². The molecular weight excluding hydrogens is 376 g/mol. The molecule has 0 unspecified atom stereocenters. The largest absolute Gasteiger partial charge is 0.421 e. The highest BCUT2D eigenvalue weighted by Gasteiger charge is 2.31. The highest BCUT2D eigenvalue weighted by molar-refractivity contribution is 7.89. The van der Waals surface area contributed by atoms with Crippen LogP contribution in [0.25, 0.3) is 11.5 Å². The van der Waals surface area contributed by atoms with Crippen LogP contribution in [-0.4, -0.2) is 23.2 Å². The van der Waals surface area contributed by atoms with Gasteiger partial charge in [-0.15, -0.1) is 10.2 Å². The summed E-state index contributed by atoms with van der Waals surface area (Å²) in [5, 5.41) is 7.89. The fourth-order valence-electron chi connectivity index (χ4n) is 3.30. The fraction of sp³-hybridized carbons (Fsp3) is 0.400. The molecule has 7 nitrogen and oxygen atoms in total. The molecule has 1 N–H and O–H groups in total. The van der Waals surface area contributed by atoms with Gasteiger partial charge in [-0.3, -0.25) is 0 Å². The Kier molecular flexibility index (Phi) is 5.45. The Labute approximate surface area is 165 Å². The number of aromatic nitrogens is 3. The SMILES string of the molecule is CCc1ccc([C@H](C)NS(=O)(=O)c2c(-c3nnc(C)o3)c(C)n(C)c2C)cc1. The maximum absolute atomic E-state index is 13.3. The molecule has 0 aliphatic heterocycles. The molecule has 150 valence electrons. The van der Waals surface area contributed by atoms with Crippen LogP contribution in [0.15, 0.2) is 33.6 Å². The minimum Gasteiger partial charge on any atom is -0.421 e. The maximum atomic E-state index is 13.3. The second kappa shape index (κ2) is 7.52. The minimum atomic E-state index is -3.82. The van der Waals surface area contributed by atoms with E-state index in [2.05, 4.69) is 21.8 Å². The first-order valence-corrected chi connectivity index (χ1v) is 10.7. The zero-order valence-corrected chi connectivity index (χ0v) is 17.9. The number of aryl methyl sites for hydroxylation is 2.